The lowest BCUT2D eigenvalue weighted by molar-refractivity contribution is 0.0694. The fourth-order valence-corrected chi connectivity index (χ4v) is 3.33. The normalized spacial score (nSPS) is 16.4. The summed E-state index contributed by atoms with van der Waals surface area (Å²) in [5, 5.41) is 9.49. The van der Waals surface area contributed by atoms with Gasteiger partial charge in [0.1, 0.15) is 0 Å². The highest BCUT2D eigenvalue weighted by molar-refractivity contribution is 5.90. The van der Waals surface area contributed by atoms with Gasteiger partial charge in [-0.3, -0.25) is 4.99 Å². The molecule has 0 saturated carbocycles. The molecule has 0 radical (unpaired) electrons. The van der Waals surface area contributed by atoms with E-state index in [0.717, 1.165) is 48.5 Å². The van der Waals surface area contributed by atoms with Gasteiger partial charge in [0.2, 0.25) is 0 Å². The molecule has 5 heteroatoms. The average Bonchev–Trinajstić information content (AvgIpc) is 2.46. The van der Waals surface area contributed by atoms with E-state index in [4.69, 9.17) is 0 Å². The van der Waals surface area contributed by atoms with Crippen LogP contribution in [0.15, 0.2) is 17.1 Å². The van der Waals surface area contributed by atoms with Crippen molar-refractivity contribution in [3.63, 3.8) is 0 Å². The number of carboxylic acids is 1. The number of halogens is 1. The number of carboxylic acid groups (broad SMARTS) is 1. The zero-order valence-electron chi connectivity index (χ0n) is 13.7. The highest BCUT2D eigenvalue weighted by Crippen LogP contribution is 2.33. The first-order chi connectivity index (χ1) is 9.93. The van der Waals surface area contributed by atoms with Crippen LogP contribution in [0.2, 0.25) is 0 Å². The van der Waals surface area contributed by atoms with E-state index in [0.29, 0.717) is 11.5 Å². The highest BCUT2D eigenvalue weighted by Gasteiger charge is 2.26. The molecule has 122 valence electrons. The maximum atomic E-state index is 11.6. The van der Waals surface area contributed by atoms with E-state index in [9.17, 15) is 9.90 Å². The summed E-state index contributed by atoms with van der Waals surface area (Å²) in [4.78, 5) is 18.1. The Labute approximate surface area is 138 Å². The fourth-order valence-electron chi connectivity index (χ4n) is 3.33. The topological polar surface area (TPSA) is 52.9 Å². The molecule has 22 heavy (non-hydrogen) atoms. The van der Waals surface area contributed by atoms with Crippen LogP contribution in [0.25, 0.3) is 0 Å². The van der Waals surface area contributed by atoms with Crippen molar-refractivity contribution < 1.29 is 9.90 Å². The Balaban J connectivity index is 0.00000242. The van der Waals surface area contributed by atoms with Gasteiger partial charge in [0.05, 0.1) is 11.4 Å². The minimum Gasteiger partial charge on any atom is -0.478 e. The van der Waals surface area contributed by atoms with Crippen LogP contribution in [0.4, 0.5) is 0 Å². The molecule has 1 heterocycles. The molecule has 4 nitrogen and oxygen atoms in total. The Bertz CT molecular complexity index is 576. The predicted octanol–water partition coefficient (Wildman–Crippen LogP) is 3.65. The Morgan fingerprint density at radius 3 is 2.36 bits per heavy atom. The van der Waals surface area contributed by atoms with Crippen LogP contribution in [-0.4, -0.2) is 41.9 Å². The van der Waals surface area contributed by atoms with Crippen molar-refractivity contribution in [3.8, 4) is 0 Å². The third-order valence-electron chi connectivity index (χ3n) is 4.45. The summed E-state index contributed by atoms with van der Waals surface area (Å²) in [5.74, 6) is 0.579. The Kier molecular flexibility index (Phi) is 6.42. The van der Waals surface area contributed by atoms with Crippen molar-refractivity contribution in [1.29, 1.82) is 0 Å². The lowest BCUT2D eigenvalue weighted by atomic mass is 9.83. The first-order valence-corrected chi connectivity index (χ1v) is 7.46. The molecule has 0 amide bonds. The van der Waals surface area contributed by atoms with E-state index in [2.05, 4.69) is 16.0 Å². The molecule has 2 rings (SSSR count). The van der Waals surface area contributed by atoms with E-state index in [-0.39, 0.29) is 12.4 Å². The number of aromatic carboxylic acids is 1. The second-order valence-electron chi connectivity index (χ2n) is 5.88. The molecule has 0 aromatic heterocycles. The maximum absolute atomic E-state index is 11.6. The molecule has 0 aliphatic carbocycles. The number of aliphatic imine (C=N–C) groups is 1. The summed E-state index contributed by atoms with van der Waals surface area (Å²) >= 11 is 0. The average molecular weight is 325 g/mol. The summed E-state index contributed by atoms with van der Waals surface area (Å²) in [5.41, 5.74) is 3.62. The fraction of sp³-hybridized carbons (Fsp3) is 0.529. The number of hydrogen-bond donors (Lipinski definition) is 1. The zero-order chi connectivity index (χ0) is 15.6. The summed E-state index contributed by atoms with van der Waals surface area (Å²) in [6.07, 6.45) is 1.97. The van der Waals surface area contributed by atoms with Crippen molar-refractivity contribution >= 4 is 24.2 Å². The summed E-state index contributed by atoms with van der Waals surface area (Å²) in [6, 6.07) is 3.89. The number of aryl methyl sites for hydroxylation is 2. The molecule has 1 saturated heterocycles. The third kappa shape index (κ3) is 3.80. The van der Waals surface area contributed by atoms with Gasteiger partial charge in [-0.1, -0.05) is 6.07 Å². The van der Waals surface area contributed by atoms with Crippen molar-refractivity contribution in [2.45, 2.75) is 39.5 Å². The number of piperidine rings is 1. The molecule has 1 aliphatic heterocycles. The molecule has 1 aromatic rings. The Morgan fingerprint density at radius 2 is 1.86 bits per heavy atom. The molecular formula is C17H25ClN2O2. The molecular weight excluding hydrogens is 300 g/mol. The van der Waals surface area contributed by atoms with Crippen LogP contribution in [0.1, 0.15) is 52.7 Å². The summed E-state index contributed by atoms with van der Waals surface area (Å²) in [6.45, 7) is 7.90. The van der Waals surface area contributed by atoms with Gasteiger partial charge in [-0.25, -0.2) is 4.79 Å². The smallest absolute Gasteiger partial charge is 0.335 e. The summed E-state index contributed by atoms with van der Waals surface area (Å²) in [7, 11) is 1.81. The Morgan fingerprint density at radius 1 is 1.27 bits per heavy atom. The lowest BCUT2D eigenvalue weighted by Gasteiger charge is -2.34. The maximum Gasteiger partial charge on any atom is 0.335 e. The van der Waals surface area contributed by atoms with Crippen LogP contribution < -0.4 is 0 Å². The largest absolute Gasteiger partial charge is 0.478 e. The number of hydrogen-bond acceptors (Lipinski definition) is 2. The van der Waals surface area contributed by atoms with E-state index in [1.807, 2.05) is 27.8 Å². The Hall–Kier alpha value is -1.55. The number of benzene rings is 1. The van der Waals surface area contributed by atoms with E-state index in [1.54, 1.807) is 6.07 Å². The van der Waals surface area contributed by atoms with Gasteiger partial charge in [-0.15, -0.1) is 12.4 Å². The molecule has 1 aromatic carbocycles. The second-order valence-corrected chi connectivity index (χ2v) is 5.88. The van der Waals surface area contributed by atoms with Gasteiger partial charge in [0.15, 0.2) is 0 Å². The lowest BCUT2D eigenvalue weighted by Crippen LogP contribution is -2.37. The van der Waals surface area contributed by atoms with Crippen molar-refractivity contribution in [1.82, 2.24) is 4.90 Å². The molecule has 1 aliphatic rings. The van der Waals surface area contributed by atoms with Gasteiger partial charge >= 0.3 is 5.97 Å². The van der Waals surface area contributed by atoms with Crippen LogP contribution in [0.5, 0.6) is 0 Å². The first-order valence-electron chi connectivity index (χ1n) is 7.46. The number of rotatable bonds is 2. The zero-order valence-corrected chi connectivity index (χ0v) is 14.5. The van der Waals surface area contributed by atoms with E-state index < -0.39 is 5.97 Å². The second kappa shape index (κ2) is 7.63. The van der Waals surface area contributed by atoms with Crippen molar-refractivity contribution in [2.75, 3.05) is 20.1 Å². The summed E-state index contributed by atoms with van der Waals surface area (Å²) < 4.78 is 0. The third-order valence-corrected chi connectivity index (χ3v) is 4.45. The number of likely N-dealkylation sites (tertiary alicyclic amines) is 1. The standard InChI is InChI=1S/C17H24N2O2.ClH/c1-11-9-12(2)16(15(10-11)17(20)21)14-5-7-19(8-6-14)13(3)18-4;/h9-10,14H,5-8H2,1-4H3,(H,20,21);1H. The quantitative estimate of drug-likeness (QED) is 0.667. The minimum atomic E-state index is -0.814. The first kappa shape index (κ1) is 18.5. The van der Waals surface area contributed by atoms with Gasteiger partial charge in [0.25, 0.3) is 0 Å². The molecule has 1 fully saturated rings. The number of nitrogens with zero attached hydrogens (tertiary/aromatic N) is 2. The molecule has 0 bridgehead atoms. The van der Waals surface area contributed by atoms with Gasteiger partial charge in [0, 0.05) is 20.1 Å². The SMILES string of the molecule is CN=C(C)N1CCC(c2c(C)cc(C)cc2C(=O)O)CC1.Cl. The predicted molar refractivity (Wildman–Crippen MR) is 92.7 cm³/mol. The van der Waals surface area contributed by atoms with Crippen LogP contribution in [0, 0.1) is 13.8 Å². The van der Waals surface area contributed by atoms with E-state index in [1.165, 1.54) is 0 Å². The van der Waals surface area contributed by atoms with Crippen LogP contribution in [-0.2, 0) is 0 Å². The van der Waals surface area contributed by atoms with Crippen LogP contribution >= 0.6 is 12.4 Å². The molecule has 0 spiro atoms. The number of carbonyl (C=O) groups is 1. The monoisotopic (exact) mass is 324 g/mol. The molecule has 0 atom stereocenters. The van der Waals surface area contributed by atoms with Gasteiger partial charge in [-0.2, -0.15) is 0 Å². The molecule has 1 N–H and O–H groups in total. The molecule has 0 unspecified atom stereocenters. The minimum absolute atomic E-state index is 0. The van der Waals surface area contributed by atoms with Gasteiger partial charge < -0.3 is 10.0 Å². The van der Waals surface area contributed by atoms with Crippen LogP contribution in [0.3, 0.4) is 0 Å². The van der Waals surface area contributed by atoms with Crippen molar-refractivity contribution in [2.24, 2.45) is 4.99 Å². The van der Waals surface area contributed by atoms with E-state index >= 15 is 0 Å². The number of amidine groups is 1. The van der Waals surface area contributed by atoms with Crippen molar-refractivity contribution in [3.05, 3.63) is 34.4 Å². The highest BCUT2D eigenvalue weighted by atomic mass is 35.5. The van der Waals surface area contributed by atoms with Gasteiger partial charge in [-0.05, 0) is 62.3 Å².